The van der Waals surface area contributed by atoms with E-state index in [-0.39, 0.29) is 6.61 Å². The molecule has 1 aliphatic rings. The van der Waals surface area contributed by atoms with E-state index >= 15 is 0 Å². The molecule has 11 heteroatoms. The summed E-state index contributed by atoms with van der Waals surface area (Å²) in [4.78, 5) is 31.4. The molecule has 4 atom stereocenters. The Bertz CT molecular complexity index is 634. The maximum Gasteiger partial charge on any atom is 0.330 e. The molecule has 2 heterocycles. The molecule has 108 valence electrons. The van der Waals surface area contributed by atoms with Gasteiger partial charge in [-0.05, 0) is 5.53 Å². The molecule has 11 nitrogen and oxygen atoms in total. The van der Waals surface area contributed by atoms with Crippen molar-refractivity contribution in [2.45, 2.75) is 24.5 Å². The first-order chi connectivity index (χ1) is 9.54. The number of aromatic amines is 1. The molecule has 1 aromatic rings. The molecule has 3 N–H and O–H groups in total. The highest BCUT2D eigenvalue weighted by atomic mass is 16.7. The summed E-state index contributed by atoms with van der Waals surface area (Å²) in [6.45, 7) is -0.295. The van der Waals surface area contributed by atoms with Gasteiger partial charge in [0.05, 0.1) is 0 Å². The Morgan fingerprint density at radius 3 is 2.90 bits per heavy atom. The minimum Gasteiger partial charge on any atom is -0.431 e. The average Bonchev–Trinajstić information content (AvgIpc) is 2.68. The number of aromatic nitrogens is 2. The van der Waals surface area contributed by atoms with Gasteiger partial charge in [-0.2, -0.15) is 0 Å². The standard InChI is InChI=1S/C9H11N5O6/c10-12-13-19-3-4-6(16)7(17)8(20-4)14-2-1-5(15)11-9(14)18/h1-2,4,6-8,16-17H,3H2,(H,11,15,18)/t4-,6?,7?,8-/m0/s1. The highest BCUT2D eigenvalue weighted by Gasteiger charge is 2.44. The van der Waals surface area contributed by atoms with Crippen LogP contribution in [0.1, 0.15) is 6.23 Å². The monoisotopic (exact) mass is 285 g/mol. The summed E-state index contributed by atoms with van der Waals surface area (Å²) in [7, 11) is 0. The van der Waals surface area contributed by atoms with Crippen molar-refractivity contribution in [1.82, 2.24) is 9.55 Å². The van der Waals surface area contributed by atoms with Crippen molar-refractivity contribution >= 4 is 0 Å². The van der Waals surface area contributed by atoms with Crippen LogP contribution in [0.25, 0.3) is 10.4 Å². The molecule has 1 aromatic heterocycles. The Morgan fingerprint density at radius 1 is 1.50 bits per heavy atom. The Morgan fingerprint density at radius 2 is 2.25 bits per heavy atom. The third-order valence-electron chi connectivity index (χ3n) is 2.80. The lowest BCUT2D eigenvalue weighted by Crippen LogP contribution is -2.37. The molecule has 1 fully saturated rings. The number of rotatable bonds is 4. The van der Waals surface area contributed by atoms with Gasteiger partial charge in [0, 0.05) is 17.2 Å². The number of aliphatic hydroxyl groups is 2. The number of nitrogens with zero attached hydrogens (tertiary/aromatic N) is 4. The van der Waals surface area contributed by atoms with Gasteiger partial charge < -0.3 is 19.8 Å². The van der Waals surface area contributed by atoms with E-state index in [0.29, 0.717) is 0 Å². The van der Waals surface area contributed by atoms with E-state index in [1.54, 1.807) is 0 Å². The quantitative estimate of drug-likeness (QED) is 0.261. The van der Waals surface area contributed by atoms with Gasteiger partial charge in [0.2, 0.25) is 0 Å². The zero-order valence-electron chi connectivity index (χ0n) is 9.99. The smallest absolute Gasteiger partial charge is 0.330 e. The number of hydrogen-bond donors (Lipinski definition) is 3. The van der Waals surface area contributed by atoms with Gasteiger partial charge in [-0.1, -0.05) is 0 Å². The highest BCUT2D eigenvalue weighted by Crippen LogP contribution is 2.28. The number of H-pyrrole nitrogens is 1. The zero-order valence-corrected chi connectivity index (χ0v) is 9.99. The molecule has 0 saturated carbocycles. The molecular formula is C9H11N5O6. The second-order valence-corrected chi connectivity index (χ2v) is 4.03. The fourth-order valence-electron chi connectivity index (χ4n) is 1.86. The molecule has 20 heavy (non-hydrogen) atoms. The van der Waals surface area contributed by atoms with Crippen LogP contribution in [0.5, 0.6) is 0 Å². The van der Waals surface area contributed by atoms with Crippen molar-refractivity contribution in [3.05, 3.63) is 43.5 Å². The molecule has 0 aliphatic carbocycles. The summed E-state index contributed by atoms with van der Waals surface area (Å²) in [6.07, 6.45) is -3.78. The Kier molecular flexibility index (Phi) is 4.05. The van der Waals surface area contributed by atoms with Gasteiger partial charge >= 0.3 is 5.69 Å². The molecule has 0 aromatic carbocycles. The van der Waals surface area contributed by atoms with Crippen molar-refractivity contribution in [1.29, 1.82) is 0 Å². The summed E-state index contributed by atoms with van der Waals surface area (Å²) in [5, 5.41) is 22.4. The maximum atomic E-state index is 11.6. The highest BCUT2D eigenvalue weighted by molar-refractivity contribution is 4.93. The Labute approximate surface area is 110 Å². The van der Waals surface area contributed by atoms with Crippen LogP contribution in [-0.4, -0.2) is 44.7 Å². The fourth-order valence-corrected chi connectivity index (χ4v) is 1.86. The van der Waals surface area contributed by atoms with Crippen molar-refractivity contribution in [3.63, 3.8) is 0 Å². The topological polar surface area (TPSA) is 163 Å². The zero-order chi connectivity index (χ0) is 14.7. The molecule has 0 amide bonds. The van der Waals surface area contributed by atoms with E-state index in [2.05, 4.69) is 15.0 Å². The molecule has 2 rings (SSSR count). The molecule has 1 saturated heterocycles. The van der Waals surface area contributed by atoms with Crippen LogP contribution in [0.2, 0.25) is 0 Å². The van der Waals surface area contributed by atoms with E-state index < -0.39 is 35.8 Å². The lowest BCUT2D eigenvalue weighted by molar-refractivity contribution is -0.0686. The molecule has 0 radical (unpaired) electrons. The predicted molar refractivity (Wildman–Crippen MR) is 62.3 cm³/mol. The number of hydrogen-bond acceptors (Lipinski definition) is 7. The summed E-state index contributed by atoms with van der Waals surface area (Å²) >= 11 is 0. The van der Waals surface area contributed by atoms with E-state index in [1.807, 2.05) is 4.98 Å². The minimum atomic E-state index is -1.40. The summed E-state index contributed by atoms with van der Waals surface area (Å²) in [5.74, 6) is 0. The van der Waals surface area contributed by atoms with Gasteiger partial charge in [-0.3, -0.25) is 14.3 Å². The largest absolute Gasteiger partial charge is 0.431 e. The SMILES string of the molecule is [N-]=[N+]=NOC[C@@H]1O[C@H](n2ccc(=O)[nH]c2=O)C(O)C1O. The van der Waals surface area contributed by atoms with Gasteiger partial charge in [0.25, 0.3) is 5.56 Å². The van der Waals surface area contributed by atoms with Crippen LogP contribution in [0.3, 0.4) is 0 Å². The molecule has 0 spiro atoms. The average molecular weight is 285 g/mol. The second-order valence-electron chi connectivity index (χ2n) is 4.03. The van der Waals surface area contributed by atoms with Crippen LogP contribution in [-0.2, 0) is 9.57 Å². The first-order valence-electron chi connectivity index (χ1n) is 5.54. The van der Waals surface area contributed by atoms with E-state index in [9.17, 15) is 19.8 Å². The molecule has 1 aliphatic heterocycles. The molecule has 2 unspecified atom stereocenters. The first-order valence-corrected chi connectivity index (χ1v) is 5.54. The van der Waals surface area contributed by atoms with Crippen LogP contribution in [0, 0.1) is 0 Å². The van der Waals surface area contributed by atoms with E-state index in [4.69, 9.17) is 10.3 Å². The van der Waals surface area contributed by atoms with Crippen LogP contribution >= 0.6 is 0 Å². The second kappa shape index (κ2) is 5.75. The summed E-state index contributed by atoms with van der Waals surface area (Å²) in [5.41, 5.74) is 6.67. The third-order valence-corrected chi connectivity index (χ3v) is 2.80. The normalized spacial score (nSPS) is 28.9. The lowest BCUT2D eigenvalue weighted by atomic mass is 10.1. The summed E-state index contributed by atoms with van der Waals surface area (Å²) in [6, 6.07) is 1.08. The lowest BCUT2D eigenvalue weighted by Gasteiger charge is -2.16. The minimum absolute atomic E-state index is 0.295. The van der Waals surface area contributed by atoms with Crippen LogP contribution in [0.4, 0.5) is 0 Å². The number of ether oxygens (including phenoxy) is 1. The number of nitrogens with one attached hydrogen (secondary N) is 1. The van der Waals surface area contributed by atoms with Crippen molar-refractivity contribution in [2.24, 2.45) is 5.28 Å². The predicted octanol–water partition coefficient (Wildman–Crippen LogP) is -1.60. The van der Waals surface area contributed by atoms with Gasteiger partial charge in [-0.15, -0.1) is 0 Å². The van der Waals surface area contributed by atoms with E-state index in [1.165, 1.54) is 0 Å². The van der Waals surface area contributed by atoms with Crippen molar-refractivity contribution in [2.75, 3.05) is 6.61 Å². The van der Waals surface area contributed by atoms with Gasteiger partial charge in [0.15, 0.2) is 6.23 Å². The Hall–Kier alpha value is -2.33. The third kappa shape index (κ3) is 2.65. The van der Waals surface area contributed by atoms with Crippen LogP contribution in [0.15, 0.2) is 27.1 Å². The molecular weight excluding hydrogens is 274 g/mol. The first kappa shape index (κ1) is 14.1. The number of aliphatic hydroxyl groups excluding tert-OH is 2. The van der Waals surface area contributed by atoms with Gasteiger partial charge in [0.1, 0.15) is 30.2 Å². The summed E-state index contributed by atoms with van der Waals surface area (Å²) < 4.78 is 6.21. The fraction of sp³-hybridized carbons (Fsp3) is 0.556. The molecule has 0 bridgehead atoms. The van der Waals surface area contributed by atoms with Crippen molar-refractivity contribution < 1.29 is 19.8 Å². The maximum absolute atomic E-state index is 11.6. The van der Waals surface area contributed by atoms with E-state index in [0.717, 1.165) is 16.8 Å². The van der Waals surface area contributed by atoms with Gasteiger partial charge in [-0.25, -0.2) is 4.79 Å². The van der Waals surface area contributed by atoms with Crippen molar-refractivity contribution in [3.8, 4) is 0 Å². The van der Waals surface area contributed by atoms with Crippen LogP contribution < -0.4 is 11.2 Å². The Balaban J connectivity index is 2.19. The number of azide groups is 1.